The van der Waals surface area contributed by atoms with Crippen molar-refractivity contribution in [3.63, 3.8) is 0 Å². The lowest BCUT2D eigenvalue weighted by Crippen LogP contribution is -2.32. The van der Waals surface area contributed by atoms with E-state index in [-0.39, 0.29) is 33.7 Å². The van der Waals surface area contributed by atoms with E-state index in [2.05, 4.69) is 21.4 Å². The molecule has 0 saturated carbocycles. The van der Waals surface area contributed by atoms with Gasteiger partial charge >= 0.3 is 0 Å². The number of aliphatic imine (C=N–C) groups is 1. The van der Waals surface area contributed by atoms with Crippen LogP contribution in [-0.4, -0.2) is 39.0 Å². The summed E-state index contributed by atoms with van der Waals surface area (Å²) in [6.45, 7) is 6.83. The Balaban J connectivity index is 1.89. The second-order valence-electron chi connectivity index (χ2n) is 8.64. The molecule has 3 rings (SSSR count). The van der Waals surface area contributed by atoms with E-state index in [0.29, 0.717) is 42.3 Å². The van der Waals surface area contributed by atoms with Crippen molar-refractivity contribution >= 4 is 28.0 Å². The summed E-state index contributed by atoms with van der Waals surface area (Å²) in [5, 5.41) is 12.8. The Morgan fingerprint density at radius 2 is 1.94 bits per heavy atom. The van der Waals surface area contributed by atoms with Gasteiger partial charge in [0.25, 0.3) is 5.56 Å². The van der Waals surface area contributed by atoms with Gasteiger partial charge in [-0.1, -0.05) is 0 Å². The van der Waals surface area contributed by atoms with Crippen molar-refractivity contribution in [1.29, 1.82) is 5.26 Å². The standard InChI is InChI=1S/C23H29N5O3S/c1-23(2,3)32(30)17-6-4-16(5-7-17)27-21(25)20-19(8-11-26-22(20)29)28-18-10-13-31-12-9-15(18)14-24/h4-8,11,15,18H,9-10,12-13H2,1-3H3,(H2,25,27)(H2,26,28,29)/t15?,18-,32?/m0/s1. The van der Waals surface area contributed by atoms with Crippen LogP contribution in [0.4, 0.5) is 11.4 Å². The van der Waals surface area contributed by atoms with Gasteiger partial charge in [0.1, 0.15) is 11.4 Å². The van der Waals surface area contributed by atoms with Crippen molar-refractivity contribution in [2.75, 3.05) is 18.5 Å². The van der Waals surface area contributed by atoms with Gasteiger partial charge in [-0.25, -0.2) is 4.99 Å². The highest BCUT2D eigenvalue weighted by molar-refractivity contribution is 7.86. The predicted molar refractivity (Wildman–Crippen MR) is 127 cm³/mol. The Morgan fingerprint density at radius 1 is 1.25 bits per heavy atom. The fourth-order valence-electron chi connectivity index (χ4n) is 3.50. The van der Waals surface area contributed by atoms with Crippen molar-refractivity contribution in [2.45, 2.75) is 49.3 Å². The highest BCUT2D eigenvalue weighted by atomic mass is 32.2. The lowest BCUT2D eigenvalue weighted by atomic mass is 9.96. The minimum Gasteiger partial charge on any atom is -0.383 e. The van der Waals surface area contributed by atoms with E-state index in [9.17, 15) is 14.3 Å². The molecule has 1 aromatic carbocycles. The van der Waals surface area contributed by atoms with Gasteiger partial charge in [-0.15, -0.1) is 0 Å². The summed E-state index contributed by atoms with van der Waals surface area (Å²) in [5.74, 6) is -0.184. The largest absolute Gasteiger partial charge is 0.383 e. The SMILES string of the molecule is CC(C)(C)S(=O)c1ccc(N=C(N)c2c(N[C@H]3CCOCCC3C#N)cc[nH]c2=O)cc1. The molecule has 0 bridgehead atoms. The Labute approximate surface area is 190 Å². The van der Waals surface area contributed by atoms with Gasteiger partial charge in [0.05, 0.1) is 34.2 Å². The fraction of sp³-hybridized carbons (Fsp3) is 0.435. The van der Waals surface area contributed by atoms with E-state index in [1.165, 1.54) is 6.20 Å². The highest BCUT2D eigenvalue weighted by Gasteiger charge is 2.25. The van der Waals surface area contributed by atoms with Crippen molar-refractivity contribution in [3.05, 3.63) is 52.4 Å². The summed E-state index contributed by atoms with van der Waals surface area (Å²) in [6, 6.07) is 10.8. The lowest BCUT2D eigenvalue weighted by molar-refractivity contribution is 0.142. The van der Waals surface area contributed by atoms with Crippen LogP contribution in [0.5, 0.6) is 0 Å². The normalized spacial score (nSPS) is 20.8. The van der Waals surface area contributed by atoms with Crippen molar-refractivity contribution < 1.29 is 8.95 Å². The minimum atomic E-state index is -1.16. The summed E-state index contributed by atoms with van der Waals surface area (Å²) >= 11 is 0. The number of nitrogens with one attached hydrogen (secondary N) is 2. The number of nitrogens with zero attached hydrogens (tertiary/aromatic N) is 2. The summed E-state index contributed by atoms with van der Waals surface area (Å²) in [5.41, 5.74) is 7.15. The maximum atomic E-state index is 12.6. The number of hydrogen-bond acceptors (Lipinski definition) is 6. The second-order valence-corrected chi connectivity index (χ2v) is 10.9. The molecule has 0 aliphatic carbocycles. The van der Waals surface area contributed by atoms with Crippen molar-refractivity contribution in [1.82, 2.24) is 4.98 Å². The van der Waals surface area contributed by atoms with Crippen LogP contribution >= 0.6 is 0 Å². The predicted octanol–water partition coefficient (Wildman–Crippen LogP) is 3.05. The maximum absolute atomic E-state index is 12.6. The smallest absolute Gasteiger partial charge is 0.261 e. The molecule has 0 radical (unpaired) electrons. The number of hydrogen-bond donors (Lipinski definition) is 3. The quantitative estimate of drug-likeness (QED) is 0.469. The van der Waals surface area contributed by atoms with Crippen LogP contribution in [-0.2, 0) is 15.5 Å². The van der Waals surface area contributed by atoms with Crippen molar-refractivity contribution in [2.24, 2.45) is 16.6 Å². The average Bonchev–Trinajstić information content (AvgIpc) is 2.98. The van der Waals surface area contributed by atoms with Crippen LogP contribution in [0.15, 0.2) is 51.2 Å². The lowest BCUT2D eigenvalue weighted by Gasteiger charge is -2.22. The van der Waals surface area contributed by atoms with Crippen LogP contribution in [0.3, 0.4) is 0 Å². The number of benzene rings is 1. The molecule has 8 nitrogen and oxygen atoms in total. The van der Waals surface area contributed by atoms with E-state index >= 15 is 0 Å². The van der Waals surface area contributed by atoms with Gasteiger partial charge in [0, 0.05) is 35.1 Å². The van der Waals surface area contributed by atoms with Gasteiger partial charge in [-0.2, -0.15) is 5.26 Å². The van der Waals surface area contributed by atoms with Crippen LogP contribution in [0.25, 0.3) is 0 Å². The molecule has 2 aromatic rings. The van der Waals surface area contributed by atoms with Gasteiger partial charge in [-0.3, -0.25) is 9.00 Å². The van der Waals surface area contributed by atoms with E-state index in [0.717, 1.165) is 0 Å². The molecule has 9 heteroatoms. The van der Waals surface area contributed by atoms with Crippen molar-refractivity contribution in [3.8, 4) is 6.07 Å². The molecule has 1 aromatic heterocycles. The van der Waals surface area contributed by atoms with E-state index in [4.69, 9.17) is 10.5 Å². The van der Waals surface area contributed by atoms with Gasteiger partial charge < -0.3 is 20.8 Å². The van der Waals surface area contributed by atoms with Crippen LogP contribution < -0.4 is 16.6 Å². The first-order valence-corrected chi connectivity index (χ1v) is 11.7. The molecule has 4 N–H and O–H groups in total. The number of anilines is 1. The molecular formula is C23H29N5O3S. The van der Waals surface area contributed by atoms with E-state index in [1.54, 1.807) is 30.3 Å². The highest BCUT2D eigenvalue weighted by Crippen LogP contribution is 2.25. The van der Waals surface area contributed by atoms with Gasteiger partial charge in [0.15, 0.2) is 0 Å². The third-order valence-electron chi connectivity index (χ3n) is 5.21. The van der Waals surface area contributed by atoms with Crippen LogP contribution in [0, 0.1) is 17.2 Å². The van der Waals surface area contributed by atoms with Crippen LogP contribution in [0.2, 0.25) is 0 Å². The number of aromatic amines is 1. The van der Waals surface area contributed by atoms with E-state index in [1.807, 2.05) is 20.8 Å². The van der Waals surface area contributed by atoms with Gasteiger partial charge in [-0.05, 0) is 63.9 Å². The summed E-state index contributed by atoms with van der Waals surface area (Å²) in [4.78, 5) is 20.3. The topological polar surface area (TPSA) is 133 Å². The average molecular weight is 456 g/mol. The molecule has 32 heavy (non-hydrogen) atoms. The fourth-order valence-corrected chi connectivity index (χ4v) is 4.59. The number of H-pyrrole nitrogens is 1. The van der Waals surface area contributed by atoms with Crippen LogP contribution in [0.1, 0.15) is 39.2 Å². The molecule has 2 unspecified atom stereocenters. The number of aromatic nitrogens is 1. The maximum Gasteiger partial charge on any atom is 0.261 e. The second kappa shape index (κ2) is 10.1. The number of ether oxygens (including phenoxy) is 1. The number of rotatable bonds is 5. The first-order valence-electron chi connectivity index (χ1n) is 10.5. The Kier molecular flexibility index (Phi) is 7.48. The third-order valence-corrected chi connectivity index (χ3v) is 7.03. The zero-order chi connectivity index (χ0) is 23.3. The molecule has 170 valence electrons. The Hall–Kier alpha value is -2.96. The number of amidine groups is 1. The first-order chi connectivity index (χ1) is 15.2. The summed E-state index contributed by atoms with van der Waals surface area (Å²) in [7, 11) is -1.16. The first kappa shape index (κ1) is 23.7. The van der Waals surface area contributed by atoms with Gasteiger partial charge in [0.2, 0.25) is 0 Å². The molecule has 1 saturated heterocycles. The molecular weight excluding hydrogens is 426 g/mol. The molecule has 0 amide bonds. The third kappa shape index (κ3) is 5.64. The number of pyridine rings is 1. The monoisotopic (exact) mass is 455 g/mol. The summed E-state index contributed by atoms with van der Waals surface area (Å²) in [6.07, 6.45) is 2.80. The Bertz CT molecular complexity index is 1100. The molecule has 3 atom stereocenters. The zero-order valence-corrected chi connectivity index (χ0v) is 19.4. The number of nitriles is 1. The summed E-state index contributed by atoms with van der Waals surface area (Å²) < 4.78 is 17.7. The molecule has 2 heterocycles. The Morgan fingerprint density at radius 3 is 2.59 bits per heavy atom. The molecule has 1 aliphatic rings. The van der Waals surface area contributed by atoms with E-state index < -0.39 is 10.8 Å². The zero-order valence-electron chi connectivity index (χ0n) is 18.6. The minimum absolute atomic E-state index is 0.0532. The molecule has 1 fully saturated rings. The molecule has 0 spiro atoms. The number of nitrogens with two attached hydrogens (primary N) is 1. The molecule has 1 aliphatic heterocycles.